The van der Waals surface area contributed by atoms with Gasteiger partial charge in [-0.25, -0.2) is 0 Å². The van der Waals surface area contributed by atoms with Gasteiger partial charge in [0.05, 0.1) is 7.11 Å². The fourth-order valence-electron chi connectivity index (χ4n) is 3.75. The zero-order chi connectivity index (χ0) is 20.0. The number of nitrogens with one attached hydrogen (secondary N) is 1. The van der Waals surface area contributed by atoms with Gasteiger partial charge < -0.3 is 14.8 Å². The fourth-order valence-corrected chi connectivity index (χ4v) is 4.08. The summed E-state index contributed by atoms with van der Waals surface area (Å²) >= 11 is 6.48. The maximum Gasteiger partial charge on any atom is 0.244 e. The third kappa shape index (κ3) is 4.57. The van der Waals surface area contributed by atoms with Crippen LogP contribution in [0.15, 0.2) is 54.6 Å². The zero-order valence-corrected chi connectivity index (χ0v) is 17.1. The molecule has 2 aromatic rings. The van der Waals surface area contributed by atoms with Crippen LogP contribution in [0.3, 0.4) is 0 Å². The lowest BCUT2D eigenvalue weighted by molar-refractivity contribution is -0.117. The molecule has 1 amide bonds. The Morgan fingerprint density at radius 3 is 2.57 bits per heavy atom. The van der Waals surface area contributed by atoms with E-state index in [1.165, 1.54) is 0 Å². The largest absolute Gasteiger partial charge is 0.496 e. The molecule has 0 aromatic heterocycles. The number of benzene rings is 2. The van der Waals surface area contributed by atoms with Crippen molar-refractivity contribution >= 4 is 23.1 Å². The molecule has 0 unspecified atom stereocenters. The van der Waals surface area contributed by atoms with Gasteiger partial charge in [-0.05, 0) is 43.0 Å². The summed E-state index contributed by atoms with van der Waals surface area (Å²) in [5, 5.41) is 3.82. The number of ether oxygens (including phenoxy) is 2. The third-order valence-electron chi connectivity index (χ3n) is 5.38. The van der Waals surface area contributed by atoms with Crippen LogP contribution in [0.25, 0.3) is 5.57 Å². The molecule has 0 atom stereocenters. The summed E-state index contributed by atoms with van der Waals surface area (Å²) in [6.07, 6.45) is 3.27. The molecule has 0 saturated carbocycles. The van der Waals surface area contributed by atoms with E-state index >= 15 is 0 Å². The van der Waals surface area contributed by atoms with Crippen molar-refractivity contribution in [3.8, 4) is 5.75 Å². The number of hydrogen-bond donors (Lipinski definition) is 1. The van der Waals surface area contributed by atoms with Crippen LogP contribution in [-0.4, -0.2) is 32.8 Å². The average molecular weight is 400 g/mol. The quantitative estimate of drug-likeness (QED) is 0.721. The molecule has 1 N–H and O–H groups in total. The van der Waals surface area contributed by atoms with Crippen molar-refractivity contribution in [2.75, 3.05) is 26.9 Å². The third-order valence-corrected chi connectivity index (χ3v) is 5.71. The topological polar surface area (TPSA) is 47.6 Å². The highest BCUT2D eigenvalue weighted by Crippen LogP contribution is 2.38. The number of carbonyl (C=O) groups excluding carboxylic acids is 1. The first-order valence-corrected chi connectivity index (χ1v) is 9.86. The van der Waals surface area contributed by atoms with Gasteiger partial charge in [-0.1, -0.05) is 48.0 Å². The first-order chi connectivity index (χ1) is 13.6. The summed E-state index contributed by atoms with van der Waals surface area (Å²) in [4.78, 5) is 12.6. The zero-order valence-electron chi connectivity index (χ0n) is 16.3. The van der Waals surface area contributed by atoms with Gasteiger partial charge in [0.15, 0.2) is 0 Å². The van der Waals surface area contributed by atoms with E-state index < -0.39 is 0 Å². The minimum atomic E-state index is -0.210. The lowest BCUT2D eigenvalue weighted by atomic mass is 9.74. The Hall–Kier alpha value is -2.30. The highest BCUT2D eigenvalue weighted by molar-refractivity contribution is 6.31. The van der Waals surface area contributed by atoms with Crippen molar-refractivity contribution in [2.45, 2.75) is 25.2 Å². The number of para-hydroxylation sites is 1. The Morgan fingerprint density at radius 1 is 1.18 bits per heavy atom. The summed E-state index contributed by atoms with van der Waals surface area (Å²) < 4.78 is 10.9. The van der Waals surface area contributed by atoms with Crippen LogP contribution in [0.1, 0.15) is 30.9 Å². The fraction of sp³-hybridized carbons (Fsp3) is 0.348. The van der Waals surface area contributed by atoms with Gasteiger partial charge in [0.2, 0.25) is 5.91 Å². The number of amides is 1. The van der Waals surface area contributed by atoms with E-state index in [0.717, 1.165) is 40.3 Å². The van der Waals surface area contributed by atoms with Crippen LogP contribution in [0.4, 0.5) is 0 Å². The van der Waals surface area contributed by atoms with Gasteiger partial charge in [-0.2, -0.15) is 0 Å². The first kappa shape index (κ1) is 20.4. The normalized spacial score (nSPS) is 16.5. The number of hydrogen-bond acceptors (Lipinski definition) is 3. The summed E-state index contributed by atoms with van der Waals surface area (Å²) in [6.45, 7) is 3.76. The minimum absolute atomic E-state index is 0.124. The van der Waals surface area contributed by atoms with E-state index in [1.54, 1.807) is 13.2 Å². The van der Waals surface area contributed by atoms with E-state index in [1.807, 2.05) is 49.4 Å². The molecule has 0 aliphatic carbocycles. The lowest BCUT2D eigenvalue weighted by Crippen LogP contribution is -2.44. The van der Waals surface area contributed by atoms with Crippen molar-refractivity contribution in [1.82, 2.24) is 5.32 Å². The van der Waals surface area contributed by atoms with Crippen LogP contribution in [0, 0.1) is 0 Å². The van der Waals surface area contributed by atoms with Crippen LogP contribution in [-0.2, 0) is 14.9 Å². The highest BCUT2D eigenvalue weighted by atomic mass is 35.5. The van der Waals surface area contributed by atoms with E-state index in [-0.39, 0.29) is 11.3 Å². The predicted molar refractivity (Wildman–Crippen MR) is 113 cm³/mol. The van der Waals surface area contributed by atoms with Crippen molar-refractivity contribution in [3.63, 3.8) is 0 Å². The Kier molecular flexibility index (Phi) is 6.76. The molecule has 148 valence electrons. The molecule has 1 fully saturated rings. The van der Waals surface area contributed by atoms with Gasteiger partial charge in [0, 0.05) is 41.8 Å². The lowest BCUT2D eigenvalue weighted by Gasteiger charge is -2.38. The van der Waals surface area contributed by atoms with Crippen molar-refractivity contribution in [3.05, 3.63) is 70.8 Å². The Morgan fingerprint density at radius 2 is 1.86 bits per heavy atom. The Balaban J connectivity index is 1.76. The predicted octanol–water partition coefficient (Wildman–Crippen LogP) is 4.62. The molecule has 0 bridgehead atoms. The molecule has 4 nitrogen and oxygen atoms in total. The van der Waals surface area contributed by atoms with Crippen molar-refractivity contribution in [2.24, 2.45) is 0 Å². The second-order valence-electron chi connectivity index (χ2n) is 7.12. The number of halogens is 1. The molecule has 28 heavy (non-hydrogen) atoms. The highest BCUT2D eigenvalue weighted by Gasteiger charge is 2.36. The molecule has 5 heteroatoms. The van der Waals surface area contributed by atoms with Gasteiger partial charge in [0.1, 0.15) is 5.75 Å². The minimum Gasteiger partial charge on any atom is -0.496 e. The monoisotopic (exact) mass is 399 g/mol. The van der Waals surface area contributed by atoms with Crippen molar-refractivity contribution < 1.29 is 14.3 Å². The van der Waals surface area contributed by atoms with E-state index in [9.17, 15) is 4.79 Å². The summed E-state index contributed by atoms with van der Waals surface area (Å²) in [5.74, 6) is 0.627. The Labute approximate surface area is 171 Å². The van der Waals surface area contributed by atoms with Gasteiger partial charge in [-0.15, -0.1) is 0 Å². The van der Waals surface area contributed by atoms with E-state index in [4.69, 9.17) is 21.1 Å². The van der Waals surface area contributed by atoms with Gasteiger partial charge >= 0.3 is 0 Å². The SMILES string of the molecule is COc1ccccc1C(C)=CC(=O)NCC1(c2ccccc2Cl)CCOCC1. The van der Waals surface area contributed by atoms with Crippen LogP contribution in [0.5, 0.6) is 5.75 Å². The molecular formula is C23H26ClNO3. The van der Waals surface area contributed by atoms with E-state index in [2.05, 4.69) is 11.4 Å². The summed E-state index contributed by atoms with van der Waals surface area (Å²) in [7, 11) is 1.63. The molecule has 1 heterocycles. The summed E-state index contributed by atoms with van der Waals surface area (Å²) in [5.41, 5.74) is 2.63. The molecule has 3 rings (SSSR count). The maximum atomic E-state index is 12.6. The van der Waals surface area contributed by atoms with Crippen LogP contribution < -0.4 is 10.1 Å². The standard InChI is InChI=1S/C23H26ClNO3/c1-17(18-7-3-6-10-21(18)27-2)15-22(26)25-16-23(11-13-28-14-12-23)19-8-4-5-9-20(19)24/h3-10,15H,11-14,16H2,1-2H3,(H,25,26). The van der Waals surface area contributed by atoms with Crippen LogP contribution >= 0.6 is 11.6 Å². The Bertz CT molecular complexity index is 856. The molecule has 1 aliphatic heterocycles. The maximum absolute atomic E-state index is 12.6. The van der Waals surface area contributed by atoms with Crippen LogP contribution in [0.2, 0.25) is 5.02 Å². The number of rotatable bonds is 6. The average Bonchev–Trinajstić information content (AvgIpc) is 2.73. The molecular weight excluding hydrogens is 374 g/mol. The molecule has 1 saturated heterocycles. The number of methoxy groups -OCH3 is 1. The second kappa shape index (κ2) is 9.26. The molecule has 0 radical (unpaired) electrons. The van der Waals surface area contributed by atoms with Gasteiger partial charge in [0.25, 0.3) is 0 Å². The smallest absolute Gasteiger partial charge is 0.244 e. The molecule has 0 spiro atoms. The number of allylic oxidation sites excluding steroid dienone is 1. The molecule has 2 aromatic carbocycles. The second-order valence-corrected chi connectivity index (χ2v) is 7.53. The van der Waals surface area contributed by atoms with E-state index in [0.29, 0.717) is 19.8 Å². The number of carbonyl (C=O) groups is 1. The summed E-state index contributed by atoms with van der Waals surface area (Å²) in [6, 6.07) is 15.6. The van der Waals surface area contributed by atoms with Gasteiger partial charge in [-0.3, -0.25) is 4.79 Å². The molecule has 1 aliphatic rings. The van der Waals surface area contributed by atoms with Crippen molar-refractivity contribution in [1.29, 1.82) is 0 Å². The first-order valence-electron chi connectivity index (χ1n) is 9.48.